The zero-order valence-electron chi connectivity index (χ0n) is 11.0. The Balaban J connectivity index is 2.17. The van der Waals surface area contributed by atoms with E-state index in [1.54, 1.807) is 0 Å². The number of halogens is 1. The quantitative estimate of drug-likeness (QED) is 0.865. The number of aliphatic hydroxyl groups is 1. The summed E-state index contributed by atoms with van der Waals surface area (Å²) in [5.41, 5.74) is 0.369. The van der Waals surface area contributed by atoms with Crippen molar-refractivity contribution in [1.82, 2.24) is 4.72 Å². The van der Waals surface area contributed by atoms with Gasteiger partial charge < -0.3 is 5.11 Å². The van der Waals surface area contributed by atoms with Crippen LogP contribution in [0.5, 0.6) is 0 Å². The monoisotopic (exact) mass is 287 g/mol. The molecule has 1 saturated carbocycles. The number of rotatable bonds is 5. The fourth-order valence-corrected chi connectivity index (χ4v) is 3.44. The molecule has 0 radical (unpaired) electrons. The van der Waals surface area contributed by atoms with Gasteiger partial charge in [0.1, 0.15) is 5.82 Å². The van der Waals surface area contributed by atoms with E-state index in [1.165, 1.54) is 6.07 Å². The maximum Gasteiger partial charge on any atom is 0.241 e. The Labute approximate surface area is 112 Å². The van der Waals surface area contributed by atoms with Crippen LogP contribution in [0.15, 0.2) is 23.1 Å². The predicted octanol–water partition coefficient (Wildman–Crippen LogP) is 1.64. The fourth-order valence-electron chi connectivity index (χ4n) is 2.12. The van der Waals surface area contributed by atoms with Crippen molar-refractivity contribution in [2.45, 2.75) is 31.8 Å². The highest BCUT2D eigenvalue weighted by atomic mass is 32.2. The molecule has 0 bridgehead atoms. The number of benzene rings is 1. The van der Waals surface area contributed by atoms with E-state index in [-0.39, 0.29) is 15.9 Å². The van der Waals surface area contributed by atoms with Crippen LogP contribution in [0.1, 0.15) is 25.8 Å². The molecule has 1 aromatic rings. The van der Waals surface area contributed by atoms with Crippen LogP contribution in [0, 0.1) is 17.2 Å². The Bertz CT molecular complexity index is 584. The second-order valence-corrected chi connectivity index (χ2v) is 7.39. The van der Waals surface area contributed by atoms with E-state index in [9.17, 15) is 12.8 Å². The zero-order valence-corrected chi connectivity index (χ0v) is 11.8. The minimum atomic E-state index is -3.78. The van der Waals surface area contributed by atoms with Gasteiger partial charge in [-0.1, -0.05) is 19.9 Å². The van der Waals surface area contributed by atoms with Crippen molar-refractivity contribution in [3.8, 4) is 0 Å². The molecule has 1 fully saturated rings. The molecular weight excluding hydrogens is 269 g/mol. The molecule has 19 heavy (non-hydrogen) atoms. The van der Waals surface area contributed by atoms with Gasteiger partial charge in [-0.3, -0.25) is 0 Å². The van der Waals surface area contributed by atoms with Crippen molar-refractivity contribution in [2.24, 2.45) is 11.3 Å². The molecule has 1 aromatic carbocycles. The molecule has 2 rings (SSSR count). The second-order valence-electron chi connectivity index (χ2n) is 5.65. The van der Waals surface area contributed by atoms with Gasteiger partial charge in [-0.05, 0) is 35.4 Å². The van der Waals surface area contributed by atoms with Crippen molar-refractivity contribution in [3.05, 3.63) is 29.6 Å². The Hall–Kier alpha value is -0.980. The summed E-state index contributed by atoms with van der Waals surface area (Å²) in [6.07, 6.45) is 0.978. The number of sulfonamides is 1. The summed E-state index contributed by atoms with van der Waals surface area (Å²) < 4.78 is 39.9. The van der Waals surface area contributed by atoms with Gasteiger partial charge in [0.25, 0.3) is 0 Å². The van der Waals surface area contributed by atoms with Crippen LogP contribution >= 0.6 is 0 Å². The molecule has 2 N–H and O–H groups in total. The van der Waals surface area contributed by atoms with Crippen LogP contribution in [-0.4, -0.2) is 20.1 Å². The third-order valence-electron chi connectivity index (χ3n) is 3.73. The van der Waals surface area contributed by atoms with E-state index in [4.69, 9.17) is 5.11 Å². The lowest BCUT2D eigenvalue weighted by Gasteiger charge is -2.11. The molecule has 4 nitrogen and oxygen atoms in total. The highest BCUT2D eigenvalue weighted by molar-refractivity contribution is 7.89. The van der Waals surface area contributed by atoms with Gasteiger partial charge in [-0.15, -0.1) is 0 Å². The first-order chi connectivity index (χ1) is 8.76. The van der Waals surface area contributed by atoms with Gasteiger partial charge >= 0.3 is 0 Å². The first-order valence-electron chi connectivity index (χ1n) is 6.15. The van der Waals surface area contributed by atoms with E-state index in [0.29, 0.717) is 12.5 Å². The lowest BCUT2D eigenvalue weighted by Crippen LogP contribution is -2.27. The maximum absolute atomic E-state index is 13.2. The summed E-state index contributed by atoms with van der Waals surface area (Å²) in [5.74, 6) is -0.322. The molecule has 1 aliphatic rings. The summed E-state index contributed by atoms with van der Waals surface area (Å²) in [4.78, 5) is -0.187. The van der Waals surface area contributed by atoms with Gasteiger partial charge in [0, 0.05) is 6.54 Å². The van der Waals surface area contributed by atoms with Gasteiger partial charge in [0.15, 0.2) is 0 Å². The third kappa shape index (κ3) is 3.13. The van der Waals surface area contributed by atoms with E-state index >= 15 is 0 Å². The first kappa shape index (κ1) is 14.4. The average molecular weight is 287 g/mol. The molecule has 0 saturated heterocycles. The predicted molar refractivity (Wildman–Crippen MR) is 69.4 cm³/mol. The van der Waals surface area contributed by atoms with Gasteiger partial charge in [0.2, 0.25) is 10.0 Å². The summed E-state index contributed by atoms with van der Waals surface area (Å²) in [7, 11) is -3.78. The molecule has 0 heterocycles. The molecule has 1 unspecified atom stereocenters. The van der Waals surface area contributed by atoms with Gasteiger partial charge in [0.05, 0.1) is 11.5 Å². The van der Waals surface area contributed by atoms with E-state index in [0.717, 1.165) is 18.6 Å². The van der Waals surface area contributed by atoms with Crippen molar-refractivity contribution >= 4 is 10.0 Å². The van der Waals surface area contributed by atoms with Crippen molar-refractivity contribution in [3.63, 3.8) is 0 Å². The van der Waals surface area contributed by atoms with Crippen LogP contribution in [0.25, 0.3) is 0 Å². The SMILES string of the molecule is CC1(C)CC1CNS(=O)(=O)c1cc(F)ccc1CO. The first-order valence-corrected chi connectivity index (χ1v) is 7.63. The summed E-state index contributed by atoms with van der Waals surface area (Å²) in [6.45, 7) is 4.06. The number of nitrogens with one attached hydrogen (secondary N) is 1. The van der Waals surface area contributed by atoms with E-state index < -0.39 is 22.4 Å². The summed E-state index contributed by atoms with van der Waals surface area (Å²) >= 11 is 0. The van der Waals surface area contributed by atoms with Crippen molar-refractivity contribution in [2.75, 3.05) is 6.54 Å². The minimum Gasteiger partial charge on any atom is -0.392 e. The second kappa shape index (κ2) is 4.85. The van der Waals surface area contributed by atoms with Gasteiger partial charge in [-0.25, -0.2) is 17.5 Å². The molecule has 1 aliphatic carbocycles. The highest BCUT2D eigenvalue weighted by Crippen LogP contribution is 2.51. The Morgan fingerprint density at radius 3 is 2.63 bits per heavy atom. The number of aliphatic hydroxyl groups excluding tert-OH is 1. The number of hydrogen-bond donors (Lipinski definition) is 2. The third-order valence-corrected chi connectivity index (χ3v) is 5.23. The van der Waals surface area contributed by atoms with E-state index in [1.807, 2.05) is 0 Å². The molecule has 106 valence electrons. The Morgan fingerprint density at radius 2 is 2.11 bits per heavy atom. The highest BCUT2D eigenvalue weighted by Gasteiger charge is 2.45. The largest absolute Gasteiger partial charge is 0.392 e. The lowest BCUT2D eigenvalue weighted by atomic mass is 10.1. The molecule has 0 amide bonds. The van der Waals surface area contributed by atoms with Crippen LogP contribution in [0.4, 0.5) is 4.39 Å². The van der Waals surface area contributed by atoms with Crippen molar-refractivity contribution in [1.29, 1.82) is 0 Å². The normalized spacial score (nSPS) is 21.4. The standard InChI is InChI=1S/C13H18FNO3S/c1-13(2)6-10(13)7-15-19(17,18)12-5-11(14)4-3-9(12)8-16/h3-5,10,15-16H,6-8H2,1-2H3. The fraction of sp³-hybridized carbons (Fsp3) is 0.538. The molecular formula is C13H18FNO3S. The lowest BCUT2D eigenvalue weighted by molar-refractivity contribution is 0.278. The number of hydrogen-bond acceptors (Lipinski definition) is 3. The maximum atomic E-state index is 13.2. The molecule has 0 aromatic heterocycles. The van der Waals surface area contributed by atoms with Crippen LogP contribution in [-0.2, 0) is 16.6 Å². The smallest absolute Gasteiger partial charge is 0.241 e. The Kier molecular flexibility index (Phi) is 3.68. The Morgan fingerprint density at radius 1 is 1.47 bits per heavy atom. The van der Waals surface area contributed by atoms with E-state index in [2.05, 4.69) is 18.6 Å². The van der Waals surface area contributed by atoms with Crippen LogP contribution < -0.4 is 4.72 Å². The van der Waals surface area contributed by atoms with Gasteiger partial charge in [-0.2, -0.15) is 0 Å². The molecule has 0 spiro atoms. The topological polar surface area (TPSA) is 66.4 Å². The molecule has 0 aliphatic heterocycles. The van der Waals surface area contributed by atoms with Crippen molar-refractivity contribution < 1.29 is 17.9 Å². The summed E-state index contributed by atoms with van der Waals surface area (Å²) in [5, 5.41) is 9.13. The zero-order chi connectivity index (χ0) is 14.3. The molecule has 1 atom stereocenters. The average Bonchev–Trinajstić information content (AvgIpc) is 2.95. The van der Waals surface area contributed by atoms with Crippen LogP contribution in [0.2, 0.25) is 0 Å². The molecule has 6 heteroatoms. The van der Waals surface area contributed by atoms with Crippen LogP contribution in [0.3, 0.4) is 0 Å². The minimum absolute atomic E-state index is 0.171. The summed E-state index contributed by atoms with van der Waals surface area (Å²) in [6, 6.07) is 3.35.